The summed E-state index contributed by atoms with van der Waals surface area (Å²) < 4.78 is 25.9. The van der Waals surface area contributed by atoms with Crippen LogP contribution in [0.3, 0.4) is 0 Å². The second-order valence-electron chi connectivity index (χ2n) is 8.47. The van der Waals surface area contributed by atoms with Crippen LogP contribution in [-0.2, 0) is 34.5 Å². The topological polar surface area (TPSA) is 72.2 Å². The van der Waals surface area contributed by atoms with Gasteiger partial charge in [0.15, 0.2) is 5.00 Å². The molecule has 0 amide bonds. The van der Waals surface area contributed by atoms with E-state index < -0.39 is 21.1 Å². The van der Waals surface area contributed by atoms with Crippen LogP contribution in [0.2, 0.25) is 0 Å². The zero-order valence-corrected chi connectivity index (χ0v) is 22.7. The zero-order valence-electron chi connectivity index (χ0n) is 19.4. The smallest absolute Gasteiger partial charge is 0.321 e. The minimum absolute atomic E-state index is 0. The Morgan fingerprint density at radius 2 is 1.47 bits per heavy atom. The van der Waals surface area contributed by atoms with E-state index in [1.807, 2.05) is 36.4 Å². The molecule has 0 saturated carbocycles. The van der Waals surface area contributed by atoms with Crippen molar-refractivity contribution in [3.63, 3.8) is 0 Å². The minimum atomic E-state index is -3.54. The summed E-state index contributed by atoms with van der Waals surface area (Å²) in [4.78, 5) is -1.45. The molecule has 2 aromatic carbocycles. The van der Waals surface area contributed by atoms with Gasteiger partial charge in [-0.3, -0.25) is 6.08 Å². The van der Waals surface area contributed by atoms with E-state index in [-0.39, 0.29) is 24.9 Å². The van der Waals surface area contributed by atoms with Gasteiger partial charge in [0.1, 0.15) is 0 Å². The van der Waals surface area contributed by atoms with Gasteiger partial charge in [-0.2, -0.15) is 15.9 Å². The molecular weight excluding hydrogens is 529 g/mol. The van der Waals surface area contributed by atoms with Crippen molar-refractivity contribution < 1.29 is 27.9 Å². The first-order valence-corrected chi connectivity index (χ1v) is 12.4. The molecule has 0 spiro atoms. The number of alkyl halides is 1. The van der Waals surface area contributed by atoms with Gasteiger partial charge in [-0.15, -0.1) is 6.92 Å². The van der Waals surface area contributed by atoms with E-state index in [4.69, 9.17) is 17.3 Å². The van der Waals surface area contributed by atoms with Gasteiger partial charge in [-0.05, 0) is 11.1 Å². The summed E-state index contributed by atoms with van der Waals surface area (Å²) in [6.07, 6.45) is 4.50. The average Bonchev–Trinajstić information content (AvgIpc) is 2.89. The quantitative estimate of drug-likeness (QED) is 0.221. The van der Waals surface area contributed by atoms with E-state index >= 15 is 0 Å². The van der Waals surface area contributed by atoms with Crippen molar-refractivity contribution in [3.8, 4) is 0 Å². The van der Waals surface area contributed by atoms with Crippen molar-refractivity contribution in [2.45, 2.75) is 45.7 Å². The molecule has 7 heteroatoms. The molecule has 1 aliphatic rings. The third-order valence-electron chi connectivity index (χ3n) is 5.68. The van der Waals surface area contributed by atoms with Crippen LogP contribution in [0.4, 0.5) is 0 Å². The van der Waals surface area contributed by atoms with Crippen molar-refractivity contribution in [3.05, 3.63) is 94.6 Å². The molecule has 32 heavy (non-hydrogen) atoms. The molecule has 2 aromatic rings. The summed E-state index contributed by atoms with van der Waals surface area (Å²) >= 11 is 6.62. The molecule has 0 fully saturated rings. The van der Waals surface area contributed by atoms with E-state index in [1.54, 1.807) is 24.3 Å². The normalized spacial score (nSPS) is 17.9. The maximum atomic E-state index is 11.7. The number of nitrogens with two attached hydrogens (primary N) is 1. The van der Waals surface area contributed by atoms with Gasteiger partial charge in [0, 0.05) is 0 Å². The molecule has 0 aromatic heterocycles. The molecule has 0 bridgehead atoms. The van der Waals surface area contributed by atoms with Crippen LogP contribution in [-0.4, -0.2) is 14.7 Å². The summed E-state index contributed by atoms with van der Waals surface area (Å²) in [6, 6.07) is 17.3. The Balaban J connectivity index is 0.000000393. The minimum Gasteiger partial charge on any atom is -0.321 e. The number of nitrogens with one attached hydrogen (secondary N) is 1. The summed E-state index contributed by atoms with van der Waals surface area (Å²) in [7, 11) is -3.54. The molecule has 2 atom stereocenters. The largest absolute Gasteiger partial charge is 1.00 e. The Labute approximate surface area is 211 Å². The molecule has 1 aliphatic carbocycles. The average molecular weight is 561 g/mol. The first-order valence-electron chi connectivity index (χ1n) is 10.1. The van der Waals surface area contributed by atoms with E-state index in [2.05, 4.69) is 45.4 Å². The van der Waals surface area contributed by atoms with Crippen molar-refractivity contribution in [1.82, 2.24) is 4.72 Å². The number of benzene rings is 2. The van der Waals surface area contributed by atoms with E-state index in [0.717, 1.165) is 11.8 Å². The van der Waals surface area contributed by atoms with Crippen molar-refractivity contribution in [1.29, 1.82) is 0 Å². The summed E-state index contributed by atoms with van der Waals surface area (Å²) in [5.41, 5.74) is 12.0. The van der Waals surface area contributed by atoms with Crippen LogP contribution < -0.4 is 10.5 Å². The maximum absolute atomic E-state index is 11.7. The Morgan fingerprint density at radius 3 is 1.81 bits per heavy atom. The fourth-order valence-electron chi connectivity index (χ4n) is 3.55. The molecular formula is C25H32ClN2O2RuS. The Hall–Kier alpha value is -1.30. The van der Waals surface area contributed by atoms with Crippen LogP contribution in [0.25, 0.3) is 0 Å². The molecule has 1 radical (unpaired) electrons. The van der Waals surface area contributed by atoms with E-state index in [1.165, 1.54) is 16.7 Å². The molecule has 4 nitrogen and oxygen atoms in total. The van der Waals surface area contributed by atoms with Crippen LogP contribution >= 0.6 is 11.6 Å². The number of rotatable bonds is 5. The van der Waals surface area contributed by atoms with Gasteiger partial charge in [0.05, 0.1) is 12.3 Å². The molecule has 3 rings (SSSR count). The van der Waals surface area contributed by atoms with Crippen LogP contribution in [0.1, 0.15) is 51.8 Å². The predicted octanol–water partition coefficient (Wildman–Crippen LogP) is 5.44. The maximum Gasteiger partial charge on any atom is 1.00 e. The first kappa shape index (κ1) is 28.7. The van der Waals surface area contributed by atoms with Gasteiger partial charge >= 0.3 is 19.5 Å². The second-order valence-corrected chi connectivity index (χ2v) is 10.8. The summed E-state index contributed by atoms with van der Waals surface area (Å²) in [6.45, 7) is 10.9. The number of hydrogen-bond acceptors (Lipinski definition) is 3. The third-order valence-corrected chi connectivity index (χ3v) is 7.03. The summed E-state index contributed by atoms with van der Waals surface area (Å²) in [5, 5.41) is 0. The fourth-order valence-corrected chi connectivity index (χ4v) is 5.01. The van der Waals surface area contributed by atoms with Crippen LogP contribution in [0.15, 0.2) is 77.4 Å². The number of halogens is 1. The van der Waals surface area contributed by atoms with E-state index in [9.17, 15) is 8.42 Å². The second kappa shape index (κ2) is 11.2. The molecule has 0 heterocycles. The number of hydrogen-bond donors (Lipinski definition) is 2. The zero-order chi connectivity index (χ0) is 23.4. The third kappa shape index (κ3) is 7.10. The van der Waals surface area contributed by atoms with Gasteiger partial charge < -0.3 is 5.73 Å². The number of sulfonamides is 1. The van der Waals surface area contributed by atoms with E-state index in [0.29, 0.717) is 5.56 Å². The van der Waals surface area contributed by atoms with Crippen LogP contribution in [0, 0.1) is 11.5 Å². The fraction of sp³-hybridized carbons (Fsp3) is 0.360. The Bertz CT molecular complexity index is 1070. The SMILES string of the molecule is CC1=[C-]C(C)(C)C(C)=C1C.CS(=O)(=O)N[C@@](Cl)(c1ccccc1)[C@@H](N)c1ccccc1.[Ru+]. The number of allylic oxidation sites excluding steroid dienone is 4. The molecule has 3 N–H and O–H groups in total. The van der Waals surface area contributed by atoms with Gasteiger partial charge in [0.2, 0.25) is 10.0 Å². The monoisotopic (exact) mass is 561 g/mol. The van der Waals surface area contributed by atoms with Gasteiger partial charge in [-0.25, -0.2) is 14.0 Å². The predicted molar refractivity (Wildman–Crippen MR) is 130 cm³/mol. The standard InChI is InChI=1S/C15H17ClN2O2S.C10H15.Ru/c1-21(19,20)18-15(16,13-10-6-3-7-11-13)14(17)12-8-4-2-5-9-12;1-7-6-10(4,5)9(3)8(7)2;/h2-11,14,18H,17H2,1H3;1-5H3;/q;-1;+1/t14-,15-;;/m0../s1. The van der Waals surface area contributed by atoms with Gasteiger partial charge in [-0.1, -0.05) is 105 Å². The van der Waals surface area contributed by atoms with Crippen molar-refractivity contribution in [2.24, 2.45) is 11.1 Å². The first-order chi connectivity index (χ1) is 14.3. The summed E-state index contributed by atoms with van der Waals surface area (Å²) in [5.74, 6) is 0. The molecule has 0 unspecified atom stereocenters. The van der Waals surface area contributed by atoms with Crippen molar-refractivity contribution in [2.75, 3.05) is 6.26 Å². The molecule has 175 valence electrons. The van der Waals surface area contributed by atoms with Crippen LogP contribution in [0.5, 0.6) is 0 Å². The van der Waals surface area contributed by atoms with Gasteiger partial charge in [0.25, 0.3) is 0 Å². The Morgan fingerprint density at radius 1 is 1.00 bits per heavy atom. The molecule has 0 aliphatic heterocycles. The van der Waals surface area contributed by atoms with Crippen molar-refractivity contribution >= 4 is 21.6 Å². The Kier molecular flexibility index (Phi) is 10.1. The molecule has 0 saturated heterocycles.